The van der Waals surface area contributed by atoms with Crippen molar-refractivity contribution in [2.75, 3.05) is 0 Å². The minimum Gasteiger partial charge on any atom is -0.437 e. The fourth-order valence-electron chi connectivity index (χ4n) is 1.68. The van der Waals surface area contributed by atoms with Crippen LogP contribution in [-0.4, -0.2) is 15.1 Å². The highest BCUT2D eigenvalue weighted by Gasteiger charge is 2.09. The van der Waals surface area contributed by atoms with Gasteiger partial charge >= 0.3 is 0 Å². The summed E-state index contributed by atoms with van der Waals surface area (Å²) in [6, 6.07) is 7.34. The summed E-state index contributed by atoms with van der Waals surface area (Å²) in [6.07, 6.45) is 2.43. The van der Waals surface area contributed by atoms with Crippen LogP contribution in [0.1, 0.15) is 23.9 Å². The number of aliphatic hydroxyl groups is 1. The summed E-state index contributed by atoms with van der Waals surface area (Å²) in [5.74, 6) is 1.12. The van der Waals surface area contributed by atoms with Gasteiger partial charge in [-0.3, -0.25) is 4.98 Å². The van der Waals surface area contributed by atoms with E-state index in [1.54, 1.807) is 18.3 Å². The first-order valence-corrected chi connectivity index (χ1v) is 5.93. The molecular formula is C14H16N2O2. The van der Waals surface area contributed by atoms with Gasteiger partial charge in [-0.15, -0.1) is 0 Å². The molecule has 94 valence electrons. The highest BCUT2D eigenvalue weighted by molar-refractivity contribution is 5.35. The van der Waals surface area contributed by atoms with E-state index in [1.807, 2.05) is 26.0 Å². The van der Waals surface area contributed by atoms with E-state index in [4.69, 9.17) is 4.74 Å². The zero-order valence-electron chi connectivity index (χ0n) is 10.6. The largest absolute Gasteiger partial charge is 0.437 e. The Hall–Kier alpha value is -1.94. The number of hydrogen-bond acceptors (Lipinski definition) is 4. The van der Waals surface area contributed by atoms with Crippen LogP contribution in [0.4, 0.5) is 0 Å². The average molecular weight is 244 g/mol. The number of aliphatic hydroxyl groups excluding tert-OH is 1. The molecule has 0 bridgehead atoms. The van der Waals surface area contributed by atoms with E-state index in [-0.39, 0.29) is 6.61 Å². The van der Waals surface area contributed by atoms with Gasteiger partial charge in [0.1, 0.15) is 0 Å². The standard InChI is InChI=1S/C14H16N2O2/c1-3-12-13(7-6-10(2)16-12)18-14-11(9-17)5-4-8-15-14/h4-8,17H,3,9H2,1-2H3. The number of ether oxygens (including phenoxy) is 1. The summed E-state index contributed by atoms with van der Waals surface area (Å²) in [5.41, 5.74) is 2.52. The lowest BCUT2D eigenvalue weighted by atomic mass is 10.2. The van der Waals surface area contributed by atoms with Crippen molar-refractivity contribution >= 4 is 0 Å². The Morgan fingerprint density at radius 1 is 1.28 bits per heavy atom. The maximum atomic E-state index is 9.23. The molecule has 0 aromatic carbocycles. The molecule has 4 heteroatoms. The Bertz CT molecular complexity index is 541. The van der Waals surface area contributed by atoms with Crippen LogP contribution in [0.25, 0.3) is 0 Å². The van der Waals surface area contributed by atoms with E-state index in [0.29, 0.717) is 17.2 Å². The molecule has 2 heterocycles. The second-order valence-electron chi connectivity index (χ2n) is 3.98. The molecular weight excluding hydrogens is 228 g/mol. The van der Waals surface area contributed by atoms with Crippen LogP contribution in [0.3, 0.4) is 0 Å². The zero-order chi connectivity index (χ0) is 13.0. The minimum atomic E-state index is -0.0933. The highest BCUT2D eigenvalue weighted by atomic mass is 16.5. The van der Waals surface area contributed by atoms with Crippen molar-refractivity contribution < 1.29 is 9.84 Å². The Morgan fingerprint density at radius 2 is 2.11 bits per heavy atom. The molecule has 2 aromatic heterocycles. The number of pyridine rings is 2. The first-order valence-electron chi connectivity index (χ1n) is 5.93. The maximum Gasteiger partial charge on any atom is 0.224 e. The smallest absolute Gasteiger partial charge is 0.224 e. The van der Waals surface area contributed by atoms with Crippen molar-refractivity contribution in [2.24, 2.45) is 0 Å². The fourth-order valence-corrected chi connectivity index (χ4v) is 1.68. The van der Waals surface area contributed by atoms with Gasteiger partial charge in [-0.2, -0.15) is 0 Å². The second kappa shape index (κ2) is 5.60. The van der Waals surface area contributed by atoms with Gasteiger partial charge in [0.15, 0.2) is 5.75 Å². The van der Waals surface area contributed by atoms with Crippen LogP contribution in [0.5, 0.6) is 11.6 Å². The van der Waals surface area contributed by atoms with Crippen LogP contribution in [-0.2, 0) is 13.0 Å². The minimum absolute atomic E-state index is 0.0933. The van der Waals surface area contributed by atoms with Gasteiger partial charge in [-0.25, -0.2) is 4.98 Å². The Labute approximate surface area is 106 Å². The van der Waals surface area contributed by atoms with Gasteiger partial charge in [-0.05, 0) is 37.6 Å². The lowest BCUT2D eigenvalue weighted by molar-refractivity contribution is 0.275. The Morgan fingerprint density at radius 3 is 2.83 bits per heavy atom. The highest BCUT2D eigenvalue weighted by Crippen LogP contribution is 2.25. The fraction of sp³-hybridized carbons (Fsp3) is 0.286. The average Bonchev–Trinajstić information content (AvgIpc) is 2.41. The maximum absolute atomic E-state index is 9.23. The molecule has 0 fully saturated rings. The molecule has 0 saturated carbocycles. The van der Waals surface area contributed by atoms with Crippen LogP contribution >= 0.6 is 0 Å². The second-order valence-corrected chi connectivity index (χ2v) is 3.98. The quantitative estimate of drug-likeness (QED) is 0.898. The number of nitrogens with zero attached hydrogens (tertiary/aromatic N) is 2. The van der Waals surface area contributed by atoms with Crippen LogP contribution in [0.15, 0.2) is 30.5 Å². The van der Waals surface area contributed by atoms with Gasteiger partial charge in [0.25, 0.3) is 0 Å². The lowest BCUT2D eigenvalue weighted by Crippen LogP contribution is -1.99. The molecule has 0 aliphatic carbocycles. The van der Waals surface area contributed by atoms with E-state index >= 15 is 0 Å². The SMILES string of the molecule is CCc1nc(C)ccc1Oc1ncccc1CO. The lowest BCUT2D eigenvalue weighted by Gasteiger charge is -2.11. The van der Waals surface area contributed by atoms with Crippen LogP contribution in [0, 0.1) is 6.92 Å². The van der Waals surface area contributed by atoms with Crippen LogP contribution < -0.4 is 4.74 Å². The van der Waals surface area contributed by atoms with Gasteiger partial charge in [-0.1, -0.05) is 6.92 Å². The third kappa shape index (κ3) is 2.65. The van der Waals surface area contributed by atoms with E-state index in [1.165, 1.54) is 0 Å². The molecule has 0 atom stereocenters. The number of rotatable bonds is 4. The molecule has 18 heavy (non-hydrogen) atoms. The van der Waals surface area contributed by atoms with Gasteiger partial charge in [0.2, 0.25) is 5.88 Å². The molecule has 0 radical (unpaired) electrons. The molecule has 4 nitrogen and oxygen atoms in total. The van der Waals surface area contributed by atoms with Crippen molar-refractivity contribution in [1.82, 2.24) is 9.97 Å². The summed E-state index contributed by atoms with van der Waals surface area (Å²) in [6.45, 7) is 3.88. The summed E-state index contributed by atoms with van der Waals surface area (Å²) >= 11 is 0. The Kier molecular flexibility index (Phi) is 3.89. The van der Waals surface area contributed by atoms with Gasteiger partial charge in [0, 0.05) is 17.5 Å². The van der Waals surface area contributed by atoms with E-state index < -0.39 is 0 Å². The van der Waals surface area contributed by atoms with Crippen molar-refractivity contribution in [3.63, 3.8) is 0 Å². The topological polar surface area (TPSA) is 55.2 Å². The molecule has 0 aliphatic rings. The van der Waals surface area contributed by atoms with Crippen LogP contribution in [0.2, 0.25) is 0 Å². The van der Waals surface area contributed by atoms with Crippen molar-refractivity contribution in [3.8, 4) is 11.6 Å². The third-order valence-corrected chi connectivity index (χ3v) is 2.63. The molecule has 0 amide bonds. The van der Waals surface area contributed by atoms with E-state index in [2.05, 4.69) is 9.97 Å². The molecule has 2 rings (SSSR count). The first-order chi connectivity index (χ1) is 8.74. The molecule has 2 aromatic rings. The normalized spacial score (nSPS) is 10.4. The molecule has 0 unspecified atom stereocenters. The molecule has 0 spiro atoms. The van der Waals surface area contributed by atoms with E-state index in [0.717, 1.165) is 17.8 Å². The third-order valence-electron chi connectivity index (χ3n) is 2.63. The summed E-state index contributed by atoms with van der Waals surface area (Å²) < 4.78 is 5.74. The molecule has 0 saturated heterocycles. The number of hydrogen-bond donors (Lipinski definition) is 1. The zero-order valence-corrected chi connectivity index (χ0v) is 10.6. The summed E-state index contributed by atoms with van der Waals surface area (Å²) in [4.78, 5) is 8.56. The number of aromatic nitrogens is 2. The monoisotopic (exact) mass is 244 g/mol. The Balaban J connectivity index is 2.33. The van der Waals surface area contributed by atoms with Gasteiger partial charge in [0.05, 0.1) is 12.3 Å². The van der Waals surface area contributed by atoms with Crippen molar-refractivity contribution in [3.05, 3.63) is 47.4 Å². The van der Waals surface area contributed by atoms with E-state index in [9.17, 15) is 5.11 Å². The summed E-state index contributed by atoms with van der Waals surface area (Å²) in [7, 11) is 0. The number of aryl methyl sites for hydroxylation is 2. The van der Waals surface area contributed by atoms with Crippen molar-refractivity contribution in [2.45, 2.75) is 26.9 Å². The molecule has 1 N–H and O–H groups in total. The molecule has 0 aliphatic heterocycles. The predicted molar refractivity (Wildman–Crippen MR) is 68.6 cm³/mol. The first kappa shape index (κ1) is 12.5. The summed E-state index contributed by atoms with van der Waals surface area (Å²) in [5, 5.41) is 9.23. The van der Waals surface area contributed by atoms with Gasteiger partial charge < -0.3 is 9.84 Å². The predicted octanol–water partition coefficient (Wildman–Crippen LogP) is 2.63. The van der Waals surface area contributed by atoms with Crippen molar-refractivity contribution in [1.29, 1.82) is 0 Å².